The Bertz CT molecular complexity index is 1830. The summed E-state index contributed by atoms with van der Waals surface area (Å²) in [7, 11) is 1.81. The summed E-state index contributed by atoms with van der Waals surface area (Å²) < 4.78 is 0. The third-order valence-corrected chi connectivity index (χ3v) is 9.87. The van der Waals surface area contributed by atoms with Gasteiger partial charge in [0.1, 0.15) is 11.7 Å². The Morgan fingerprint density at radius 1 is 1.06 bits per heavy atom. The first-order chi connectivity index (χ1) is 25.8. The maximum atomic E-state index is 13.2. The van der Waals surface area contributed by atoms with Gasteiger partial charge in [0.2, 0.25) is 11.8 Å². The molecule has 0 radical (unpaired) electrons. The number of likely N-dealkylation sites (N-methyl/N-ethyl adjacent to an activating group) is 1. The molecule has 0 aromatic heterocycles. The van der Waals surface area contributed by atoms with Gasteiger partial charge in [0, 0.05) is 55.9 Å². The van der Waals surface area contributed by atoms with Crippen LogP contribution in [-0.4, -0.2) is 78.8 Å². The van der Waals surface area contributed by atoms with Gasteiger partial charge in [-0.15, -0.1) is 0 Å². The highest BCUT2D eigenvalue weighted by Gasteiger charge is 2.25. The van der Waals surface area contributed by atoms with Crippen LogP contribution in [0.2, 0.25) is 0 Å². The summed E-state index contributed by atoms with van der Waals surface area (Å²) in [5.41, 5.74) is 14.5. The van der Waals surface area contributed by atoms with E-state index in [1.807, 2.05) is 60.4 Å². The summed E-state index contributed by atoms with van der Waals surface area (Å²) in [5.74, 6) is 1.51. The number of fused-ring (bicyclic) bond motifs is 1. The lowest BCUT2D eigenvalue weighted by atomic mass is 9.85. The predicted octanol–water partition coefficient (Wildman–Crippen LogP) is 6.96. The molecule has 0 bridgehead atoms. The van der Waals surface area contributed by atoms with Crippen LogP contribution >= 0.6 is 0 Å². The zero-order valence-corrected chi connectivity index (χ0v) is 31.7. The maximum Gasteiger partial charge on any atom is 0.227 e. The monoisotopic (exact) mass is 713 g/mol. The second-order valence-corrected chi connectivity index (χ2v) is 13.8. The second-order valence-electron chi connectivity index (χ2n) is 13.8. The molecular weight excluding hydrogens is 659 g/mol. The average Bonchev–Trinajstić information content (AvgIpc) is 3.41. The molecule has 278 valence electrons. The first-order valence-electron chi connectivity index (χ1n) is 19.0. The van der Waals surface area contributed by atoms with Gasteiger partial charge >= 0.3 is 0 Å². The molecule has 1 aromatic rings. The second kappa shape index (κ2) is 19.5. The lowest BCUT2D eigenvalue weighted by Crippen LogP contribution is -2.43. The molecule has 1 unspecified atom stereocenters. The Morgan fingerprint density at radius 2 is 1.85 bits per heavy atom. The van der Waals surface area contributed by atoms with Gasteiger partial charge in [0.25, 0.3) is 0 Å². The third-order valence-electron chi connectivity index (χ3n) is 9.87. The van der Waals surface area contributed by atoms with E-state index in [0.29, 0.717) is 51.3 Å². The van der Waals surface area contributed by atoms with E-state index in [2.05, 4.69) is 55.3 Å². The lowest BCUT2D eigenvalue weighted by molar-refractivity contribution is -0.130. The summed E-state index contributed by atoms with van der Waals surface area (Å²) >= 11 is 0. The highest BCUT2D eigenvalue weighted by atomic mass is 16.2. The summed E-state index contributed by atoms with van der Waals surface area (Å²) in [4.78, 5) is 44.4. The van der Waals surface area contributed by atoms with Gasteiger partial charge in [0.05, 0.1) is 31.8 Å². The van der Waals surface area contributed by atoms with Crippen LogP contribution in [0, 0.1) is 5.92 Å². The molecule has 0 spiro atoms. The molecule has 0 saturated heterocycles. The van der Waals surface area contributed by atoms with Crippen LogP contribution in [0.1, 0.15) is 64.4 Å². The number of amides is 2. The summed E-state index contributed by atoms with van der Waals surface area (Å²) in [6.45, 7) is 11.1. The Morgan fingerprint density at radius 3 is 2.58 bits per heavy atom. The molecule has 1 aromatic carbocycles. The van der Waals surface area contributed by atoms with Gasteiger partial charge in [-0.05, 0) is 56.2 Å². The first-order valence-corrected chi connectivity index (χ1v) is 19.0. The Hall–Kier alpha value is -5.31. The van der Waals surface area contributed by atoms with Crippen LogP contribution in [0.15, 0.2) is 140 Å². The number of nitrogens with two attached hydrogens (primary N) is 1. The highest BCUT2D eigenvalue weighted by molar-refractivity contribution is 6.05. The third kappa shape index (κ3) is 11.1. The zero-order valence-electron chi connectivity index (χ0n) is 31.7. The number of carbonyl (C=O) groups excluding carboxylic acids is 2. The summed E-state index contributed by atoms with van der Waals surface area (Å²) in [6, 6.07) is 9.89. The van der Waals surface area contributed by atoms with E-state index in [0.717, 1.165) is 82.9 Å². The quantitative estimate of drug-likeness (QED) is 0.110. The minimum atomic E-state index is 0.0612. The van der Waals surface area contributed by atoms with Crippen molar-refractivity contribution in [3.63, 3.8) is 0 Å². The highest BCUT2D eigenvalue weighted by Crippen LogP contribution is 2.31. The number of carbonyl (C=O) groups is 2. The van der Waals surface area contributed by atoms with Gasteiger partial charge in [-0.1, -0.05) is 104 Å². The van der Waals surface area contributed by atoms with Crippen molar-refractivity contribution in [2.45, 2.75) is 65.2 Å². The van der Waals surface area contributed by atoms with Crippen LogP contribution < -0.4 is 11.1 Å². The molecule has 9 nitrogen and oxygen atoms in total. The molecule has 0 saturated carbocycles. The number of amidine groups is 2. The van der Waals surface area contributed by atoms with Gasteiger partial charge in [0.15, 0.2) is 0 Å². The molecule has 9 heteroatoms. The molecule has 1 atom stereocenters. The maximum absolute atomic E-state index is 13.2. The minimum Gasteiger partial charge on any atom is -0.386 e. The molecule has 53 heavy (non-hydrogen) atoms. The minimum absolute atomic E-state index is 0.0612. The van der Waals surface area contributed by atoms with E-state index in [1.54, 1.807) is 11.9 Å². The van der Waals surface area contributed by atoms with Crippen molar-refractivity contribution in [3.8, 4) is 0 Å². The SMILES string of the molecule is C=C(CC(=NC)C1=C(N=C(N)CN(CC)C(=O)CC2=CC=CCC2)C=CCC=C1)C1C=C2CN=C(CN(CCC)C(=O)Cc3ccccc3)NC2=CC1. The number of benzene rings is 1. The number of nitrogens with zero attached hydrogens (tertiary/aromatic N) is 5. The van der Waals surface area contributed by atoms with Crippen molar-refractivity contribution in [2.24, 2.45) is 26.6 Å². The predicted molar refractivity (Wildman–Crippen MR) is 219 cm³/mol. The fourth-order valence-electron chi connectivity index (χ4n) is 6.89. The number of aliphatic imine (C=N–C) groups is 3. The van der Waals surface area contributed by atoms with E-state index in [9.17, 15) is 9.59 Å². The summed E-state index contributed by atoms with van der Waals surface area (Å²) in [6.07, 6.45) is 24.6. The molecule has 2 amide bonds. The lowest BCUT2D eigenvalue weighted by Gasteiger charge is -2.30. The van der Waals surface area contributed by atoms with E-state index >= 15 is 0 Å². The topological polar surface area (TPSA) is 116 Å². The number of hydrogen-bond acceptors (Lipinski definition) is 6. The number of allylic oxidation sites excluding steroid dienone is 11. The Kier molecular flexibility index (Phi) is 14.3. The van der Waals surface area contributed by atoms with Gasteiger partial charge in [-0.3, -0.25) is 19.6 Å². The number of nitrogens with one attached hydrogen (secondary N) is 1. The Balaban J connectivity index is 1.23. The molecular formula is C44H55N7O2. The standard InChI is InChI=1S/C44H55N7O2/c1-5-24-51(44(53)27-34-18-12-8-13-19-34)31-42-47-29-36-28-35(22-23-38(36)49-42)32(3)25-40(46-4)37-20-14-9-15-21-39(37)48-41(45)30-50(6-2)43(52)26-33-16-10-7-11-17-33/h7-8,10,12-16,18-21,23,28,35H,3,5-6,9,11,17,22,24-27,29-31H2,1-2,4H3,(H2,45,48)(H,47,49). The molecule has 3 aliphatic carbocycles. The molecule has 0 fully saturated rings. The molecule has 1 aliphatic heterocycles. The first kappa shape index (κ1) is 38.9. The van der Waals surface area contributed by atoms with Crippen LogP contribution in [0.5, 0.6) is 0 Å². The Labute approximate surface area is 315 Å². The molecule has 5 rings (SSSR count). The van der Waals surface area contributed by atoms with Crippen molar-refractivity contribution >= 4 is 29.2 Å². The van der Waals surface area contributed by atoms with Gasteiger partial charge in [-0.25, -0.2) is 4.99 Å². The van der Waals surface area contributed by atoms with Crippen molar-refractivity contribution in [1.29, 1.82) is 0 Å². The van der Waals surface area contributed by atoms with Crippen LogP contribution in [-0.2, 0) is 16.0 Å². The van der Waals surface area contributed by atoms with Crippen LogP contribution in [0.4, 0.5) is 0 Å². The normalized spacial score (nSPS) is 18.6. The van der Waals surface area contributed by atoms with E-state index in [-0.39, 0.29) is 24.3 Å². The van der Waals surface area contributed by atoms with Crippen molar-refractivity contribution < 1.29 is 9.59 Å². The van der Waals surface area contributed by atoms with E-state index in [4.69, 9.17) is 20.7 Å². The van der Waals surface area contributed by atoms with Crippen molar-refractivity contribution in [2.75, 3.05) is 39.8 Å². The number of hydrogen-bond donors (Lipinski definition) is 2. The summed E-state index contributed by atoms with van der Waals surface area (Å²) in [5, 5.41) is 3.52. The van der Waals surface area contributed by atoms with E-state index in [1.165, 1.54) is 0 Å². The average molecular weight is 714 g/mol. The van der Waals surface area contributed by atoms with Gasteiger partial charge < -0.3 is 20.9 Å². The van der Waals surface area contributed by atoms with Crippen LogP contribution in [0.3, 0.4) is 0 Å². The molecule has 3 N–H and O–H groups in total. The molecule has 4 aliphatic rings. The van der Waals surface area contributed by atoms with Crippen LogP contribution in [0.25, 0.3) is 0 Å². The van der Waals surface area contributed by atoms with E-state index < -0.39 is 0 Å². The zero-order chi connectivity index (χ0) is 37.6. The van der Waals surface area contributed by atoms with Gasteiger partial charge in [-0.2, -0.15) is 0 Å². The smallest absolute Gasteiger partial charge is 0.227 e. The molecule has 1 heterocycles. The largest absolute Gasteiger partial charge is 0.386 e. The number of rotatable bonds is 16. The van der Waals surface area contributed by atoms with Crippen molar-refractivity contribution in [1.82, 2.24) is 15.1 Å². The fraction of sp³-hybridized carbons (Fsp3) is 0.386. The van der Waals surface area contributed by atoms with Crippen molar-refractivity contribution in [3.05, 3.63) is 131 Å². The fourth-order valence-corrected chi connectivity index (χ4v) is 6.89.